The van der Waals surface area contributed by atoms with E-state index in [1.807, 2.05) is 0 Å². The lowest BCUT2D eigenvalue weighted by molar-refractivity contribution is 0.0881. The van der Waals surface area contributed by atoms with E-state index in [0.29, 0.717) is 0 Å². The Labute approximate surface area is 81.4 Å². The molecule has 0 atom stereocenters. The molecule has 0 aromatic carbocycles. The van der Waals surface area contributed by atoms with Gasteiger partial charge in [0.25, 0.3) is 0 Å². The van der Waals surface area contributed by atoms with Gasteiger partial charge in [-0.2, -0.15) is 0 Å². The second-order valence-electron chi connectivity index (χ2n) is 3.84. The Morgan fingerprint density at radius 3 is 0.923 bits per heavy atom. The van der Waals surface area contributed by atoms with Crippen molar-refractivity contribution in [1.82, 2.24) is 0 Å². The zero-order chi connectivity index (χ0) is 11.7. The van der Waals surface area contributed by atoms with Crippen LogP contribution in [0.4, 0.5) is 0 Å². The van der Waals surface area contributed by atoms with Crippen molar-refractivity contribution in [1.29, 1.82) is 0 Å². The Bertz CT molecular complexity index is 69.8. The SMILES string of the molecule is CC(C)(N)O.CC(C)O.CC(C)O. The average Bonchev–Trinajstić information content (AvgIpc) is 1.50. The van der Waals surface area contributed by atoms with Crippen LogP contribution < -0.4 is 5.73 Å². The zero-order valence-electron chi connectivity index (χ0n) is 9.57. The second kappa shape index (κ2) is 9.92. The molecule has 0 saturated heterocycles. The van der Waals surface area contributed by atoms with Gasteiger partial charge < -0.3 is 21.1 Å². The van der Waals surface area contributed by atoms with E-state index in [1.165, 1.54) is 13.8 Å². The highest BCUT2D eigenvalue weighted by atomic mass is 16.3. The molecule has 0 fully saturated rings. The molecule has 0 radical (unpaired) electrons. The van der Waals surface area contributed by atoms with Gasteiger partial charge in [-0.05, 0) is 41.5 Å². The van der Waals surface area contributed by atoms with Crippen molar-refractivity contribution in [3.8, 4) is 0 Å². The highest BCUT2D eigenvalue weighted by Gasteiger charge is 1.98. The van der Waals surface area contributed by atoms with Crippen LogP contribution in [-0.4, -0.2) is 33.3 Å². The summed E-state index contributed by atoms with van der Waals surface area (Å²) < 4.78 is 0. The Kier molecular flexibility index (Phi) is 14.2. The largest absolute Gasteiger partial charge is 0.394 e. The summed E-state index contributed by atoms with van der Waals surface area (Å²) in [4.78, 5) is 0. The van der Waals surface area contributed by atoms with Gasteiger partial charge in [0.1, 0.15) is 5.72 Å². The Morgan fingerprint density at radius 1 is 0.923 bits per heavy atom. The molecule has 0 aliphatic carbocycles. The summed E-state index contributed by atoms with van der Waals surface area (Å²) in [6.07, 6.45) is -0.333. The molecule has 84 valence electrons. The molecule has 4 heteroatoms. The molecular weight excluding hydrogens is 170 g/mol. The molecule has 0 unspecified atom stereocenters. The van der Waals surface area contributed by atoms with E-state index in [0.717, 1.165) is 0 Å². The highest BCUT2D eigenvalue weighted by molar-refractivity contribution is 4.47. The predicted molar refractivity (Wildman–Crippen MR) is 55.2 cm³/mol. The third-order valence-electron chi connectivity index (χ3n) is 0. The molecule has 0 aliphatic heterocycles. The molecule has 0 amide bonds. The number of hydrogen-bond donors (Lipinski definition) is 4. The van der Waals surface area contributed by atoms with E-state index in [9.17, 15) is 0 Å². The van der Waals surface area contributed by atoms with Crippen LogP contribution >= 0.6 is 0 Å². The van der Waals surface area contributed by atoms with Crippen LogP contribution in [0.25, 0.3) is 0 Å². The lowest BCUT2D eigenvalue weighted by Crippen LogP contribution is -2.30. The van der Waals surface area contributed by atoms with E-state index >= 15 is 0 Å². The van der Waals surface area contributed by atoms with Crippen LogP contribution in [0.3, 0.4) is 0 Å². The maximum absolute atomic E-state index is 8.30. The first-order valence-corrected chi connectivity index (χ1v) is 4.34. The molecule has 0 aliphatic rings. The van der Waals surface area contributed by atoms with Crippen LogP contribution in [0.1, 0.15) is 41.5 Å². The molecule has 5 N–H and O–H groups in total. The molecule has 0 saturated carbocycles. The molecular formula is C9H25NO3. The molecule has 0 rings (SSSR count). The maximum atomic E-state index is 8.30. The molecule has 4 nitrogen and oxygen atoms in total. The minimum atomic E-state index is -1.00. The van der Waals surface area contributed by atoms with Gasteiger partial charge in [0, 0.05) is 12.2 Å². The summed E-state index contributed by atoms with van der Waals surface area (Å²) in [6, 6.07) is 0. The zero-order valence-corrected chi connectivity index (χ0v) is 9.57. The Hall–Kier alpha value is -0.160. The van der Waals surface area contributed by atoms with Gasteiger partial charge in [-0.1, -0.05) is 0 Å². The normalized spacial score (nSPS) is 10.2. The monoisotopic (exact) mass is 195 g/mol. The van der Waals surface area contributed by atoms with Crippen molar-refractivity contribution in [2.24, 2.45) is 5.73 Å². The lowest BCUT2D eigenvalue weighted by Gasteiger charge is -2.05. The van der Waals surface area contributed by atoms with E-state index < -0.39 is 5.72 Å². The standard InChI is InChI=1S/C3H9NO.2C3H8O/c1-3(2,4)5;2*1-3(2)4/h5H,4H2,1-2H3;2*3-4H,1-2H3. The highest BCUT2D eigenvalue weighted by Crippen LogP contribution is 1.82. The van der Waals surface area contributed by atoms with Crippen molar-refractivity contribution < 1.29 is 15.3 Å². The number of rotatable bonds is 0. The van der Waals surface area contributed by atoms with Crippen LogP contribution in [0.2, 0.25) is 0 Å². The number of hydrogen-bond acceptors (Lipinski definition) is 4. The first kappa shape index (κ1) is 18.6. The van der Waals surface area contributed by atoms with Gasteiger partial charge in [-0.25, -0.2) is 0 Å². The average molecular weight is 195 g/mol. The Balaban J connectivity index is -0.000000117. The van der Waals surface area contributed by atoms with Gasteiger partial charge in [-0.3, -0.25) is 0 Å². The minimum absolute atomic E-state index is 0.167. The lowest BCUT2D eigenvalue weighted by atomic mass is 10.4. The molecule has 0 aromatic rings. The smallest absolute Gasteiger partial charge is 0.107 e. The predicted octanol–water partition coefficient (Wildman–Crippen LogP) is 0.448. The van der Waals surface area contributed by atoms with Crippen molar-refractivity contribution in [3.63, 3.8) is 0 Å². The van der Waals surface area contributed by atoms with Gasteiger partial charge in [0.15, 0.2) is 0 Å². The first-order chi connectivity index (χ1) is 5.46. The van der Waals surface area contributed by atoms with Crippen molar-refractivity contribution in [2.75, 3.05) is 0 Å². The molecule has 0 bridgehead atoms. The summed E-state index contributed by atoms with van der Waals surface area (Å²) in [5, 5.41) is 24.4. The van der Waals surface area contributed by atoms with Crippen molar-refractivity contribution in [2.45, 2.75) is 59.5 Å². The third-order valence-corrected chi connectivity index (χ3v) is 0. The quantitative estimate of drug-likeness (QED) is 0.423. The van der Waals surface area contributed by atoms with E-state index in [2.05, 4.69) is 0 Å². The Morgan fingerprint density at radius 2 is 0.923 bits per heavy atom. The third kappa shape index (κ3) is 44800. The fourth-order valence-electron chi connectivity index (χ4n) is 0. The van der Waals surface area contributed by atoms with Crippen LogP contribution in [0.15, 0.2) is 0 Å². The summed E-state index contributed by atoms with van der Waals surface area (Å²) in [5.74, 6) is 0. The second-order valence-corrected chi connectivity index (χ2v) is 3.84. The number of nitrogens with two attached hydrogens (primary N) is 1. The molecule has 13 heavy (non-hydrogen) atoms. The topological polar surface area (TPSA) is 86.7 Å². The molecule has 0 heterocycles. The van der Waals surface area contributed by atoms with Gasteiger partial charge in [0.2, 0.25) is 0 Å². The number of aliphatic hydroxyl groups excluding tert-OH is 2. The van der Waals surface area contributed by atoms with Crippen LogP contribution in [-0.2, 0) is 0 Å². The number of aliphatic hydroxyl groups is 3. The fraction of sp³-hybridized carbons (Fsp3) is 1.00. The van der Waals surface area contributed by atoms with Gasteiger partial charge in [0.05, 0.1) is 0 Å². The van der Waals surface area contributed by atoms with Gasteiger partial charge >= 0.3 is 0 Å². The molecule has 0 spiro atoms. The maximum Gasteiger partial charge on any atom is 0.107 e. The van der Waals surface area contributed by atoms with Gasteiger partial charge in [-0.15, -0.1) is 0 Å². The summed E-state index contributed by atoms with van der Waals surface area (Å²) in [6.45, 7) is 9.93. The summed E-state index contributed by atoms with van der Waals surface area (Å²) >= 11 is 0. The first-order valence-electron chi connectivity index (χ1n) is 4.34. The summed E-state index contributed by atoms with van der Waals surface area (Å²) in [5.41, 5.74) is 3.91. The van der Waals surface area contributed by atoms with Crippen molar-refractivity contribution >= 4 is 0 Å². The van der Waals surface area contributed by atoms with E-state index in [4.69, 9.17) is 21.1 Å². The summed E-state index contributed by atoms with van der Waals surface area (Å²) in [7, 11) is 0. The van der Waals surface area contributed by atoms with E-state index in [-0.39, 0.29) is 12.2 Å². The fourth-order valence-corrected chi connectivity index (χ4v) is 0. The minimum Gasteiger partial charge on any atom is -0.394 e. The van der Waals surface area contributed by atoms with Crippen molar-refractivity contribution in [3.05, 3.63) is 0 Å². The molecule has 0 aromatic heterocycles. The van der Waals surface area contributed by atoms with Crippen LogP contribution in [0, 0.1) is 0 Å². The van der Waals surface area contributed by atoms with E-state index in [1.54, 1.807) is 27.7 Å². The van der Waals surface area contributed by atoms with Crippen LogP contribution in [0.5, 0.6) is 0 Å².